The van der Waals surface area contributed by atoms with Crippen molar-refractivity contribution in [3.05, 3.63) is 40.7 Å². The molecule has 0 atom stereocenters. The van der Waals surface area contributed by atoms with Crippen molar-refractivity contribution in [1.29, 1.82) is 0 Å². The summed E-state index contributed by atoms with van der Waals surface area (Å²) in [5, 5.41) is 1.47. The van der Waals surface area contributed by atoms with Gasteiger partial charge in [0.05, 0.1) is 12.0 Å². The molecule has 3 nitrogen and oxygen atoms in total. The van der Waals surface area contributed by atoms with Crippen LogP contribution in [0.1, 0.15) is 24.1 Å². The number of halogens is 1. The van der Waals surface area contributed by atoms with E-state index in [2.05, 4.69) is 9.97 Å². The average molecular weight is 269 g/mol. The molecular formula is C12H13ClN2OS. The maximum absolute atomic E-state index is 6.07. The van der Waals surface area contributed by atoms with Crippen LogP contribution in [0.5, 0.6) is 0 Å². The predicted octanol–water partition coefficient (Wildman–Crippen LogP) is 3.89. The second-order valence-electron chi connectivity index (χ2n) is 3.58. The molecule has 2 aromatic rings. The first-order valence-corrected chi connectivity index (χ1v) is 6.75. The van der Waals surface area contributed by atoms with Crippen molar-refractivity contribution in [3.63, 3.8) is 0 Å². The summed E-state index contributed by atoms with van der Waals surface area (Å²) in [7, 11) is 0. The first-order valence-electron chi connectivity index (χ1n) is 5.39. The number of hydrogen-bond donors (Lipinski definition) is 0. The van der Waals surface area contributed by atoms with Gasteiger partial charge in [-0.25, -0.2) is 9.97 Å². The van der Waals surface area contributed by atoms with Gasteiger partial charge in [0.25, 0.3) is 0 Å². The summed E-state index contributed by atoms with van der Waals surface area (Å²) in [6, 6.07) is 3.83. The fraction of sp³-hybridized carbons (Fsp3) is 0.333. The Hall–Kier alpha value is -1.00. The number of rotatable bonds is 4. The molecule has 0 unspecified atom stereocenters. The van der Waals surface area contributed by atoms with Gasteiger partial charge in [0, 0.05) is 12.0 Å². The van der Waals surface area contributed by atoms with E-state index in [4.69, 9.17) is 16.0 Å². The highest BCUT2D eigenvalue weighted by Crippen LogP contribution is 2.27. The second kappa shape index (κ2) is 5.56. The monoisotopic (exact) mass is 268 g/mol. The van der Waals surface area contributed by atoms with Crippen molar-refractivity contribution < 1.29 is 4.42 Å². The van der Waals surface area contributed by atoms with Gasteiger partial charge in [0.15, 0.2) is 0 Å². The Morgan fingerprint density at radius 3 is 2.88 bits per heavy atom. The zero-order valence-corrected chi connectivity index (χ0v) is 11.3. The van der Waals surface area contributed by atoms with Crippen LogP contribution in [0.15, 0.2) is 27.8 Å². The number of hydrogen-bond acceptors (Lipinski definition) is 4. The molecule has 2 aromatic heterocycles. The van der Waals surface area contributed by atoms with Crippen LogP contribution in [-0.4, -0.2) is 9.97 Å². The quantitative estimate of drug-likeness (QED) is 0.623. The van der Waals surface area contributed by atoms with Crippen LogP contribution in [0.2, 0.25) is 5.15 Å². The molecule has 0 amide bonds. The molecule has 0 aliphatic carbocycles. The van der Waals surface area contributed by atoms with Crippen molar-refractivity contribution in [2.24, 2.45) is 0 Å². The summed E-state index contributed by atoms with van der Waals surface area (Å²) in [5.74, 6) is 2.47. The lowest BCUT2D eigenvalue weighted by molar-refractivity contribution is 0.530. The summed E-state index contributed by atoms with van der Waals surface area (Å²) >= 11 is 7.69. The zero-order chi connectivity index (χ0) is 12.3. The van der Waals surface area contributed by atoms with Crippen LogP contribution in [0, 0.1) is 6.92 Å². The van der Waals surface area contributed by atoms with Gasteiger partial charge in [-0.05, 0) is 19.1 Å². The van der Waals surface area contributed by atoms with Crippen molar-refractivity contribution >= 4 is 23.4 Å². The molecule has 0 saturated heterocycles. The normalized spacial score (nSPS) is 10.8. The Morgan fingerprint density at radius 2 is 2.24 bits per heavy atom. The van der Waals surface area contributed by atoms with Crippen molar-refractivity contribution in [3.8, 4) is 0 Å². The third-order valence-electron chi connectivity index (χ3n) is 2.34. The van der Waals surface area contributed by atoms with Crippen LogP contribution < -0.4 is 0 Å². The van der Waals surface area contributed by atoms with Crippen LogP contribution in [-0.2, 0) is 12.2 Å². The largest absolute Gasteiger partial charge is 0.468 e. The minimum Gasteiger partial charge on any atom is -0.468 e. The lowest BCUT2D eigenvalue weighted by Gasteiger charge is -2.07. The fourth-order valence-electron chi connectivity index (χ4n) is 1.34. The van der Waals surface area contributed by atoms with Crippen LogP contribution in [0.4, 0.5) is 0 Å². The minimum atomic E-state index is 0.541. The zero-order valence-electron chi connectivity index (χ0n) is 9.74. The maximum Gasteiger partial charge on any atom is 0.136 e. The highest BCUT2D eigenvalue weighted by Gasteiger charge is 2.09. The third kappa shape index (κ3) is 3.01. The Balaban J connectivity index is 2.17. The summed E-state index contributed by atoms with van der Waals surface area (Å²) in [6.07, 6.45) is 2.46. The number of nitrogens with zero attached hydrogens (tertiary/aromatic N) is 2. The molecule has 0 fully saturated rings. The molecule has 0 radical (unpaired) electrons. The van der Waals surface area contributed by atoms with Gasteiger partial charge in [-0.3, -0.25) is 0 Å². The third-order valence-corrected chi connectivity index (χ3v) is 3.80. The molecule has 0 aromatic carbocycles. The highest BCUT2D eigenvalue weighted by molar-refractivity contribution is 7.98. The molecule has 0 N–H and O–H groups in total. The molecule has 90 valence electrons. The molecule has 0 bridgehead atoms. The number of aromatic nitrogens is 2. The summed E-state index contributed by atoms with van der Waals surface area (Å²) < 4.78 is 5.28. The molecular weight excluding hydrogens is 256 g/mol. The van der Waals surface area contributed by atoms with E-state index in [9.17, 15) is 0 Å². The Labute approximate surface area is 110 Å². The average Bonchev–Trinajstić information content (AvgIpc) is 2.84. The van der Waals surface area contributed by atoms with Crippen molar-refractivity contribution in [1.82, 2.24) is 9.97 Å². The van der Waals surface area contributed by atoms with Crippen LogP contribution >= 0.6 is 23.4 Å². The van der Waals surface area contributed by atoms with E-state index in [1.54, 1.807) is 18.0 Å². The van der Waals surface area contributed by atoms with E-state index in [1.807, 2.05) is 26.0 Å². The van der Waals surface area contributed by atoms with Gasteiger partial charge < -0.3 is 4.42 Å². The summed E-state index contributed by atoms with van der Waals surface area (Å²) in [6.45, 7) is 3.95. The van der Waals surface area contributed by atoms with Crippen LogP contribution in [0.25, 0.3) is 0 Å². The summed E-state index contributed by atoms with van der Waals surface area (Å²) in [5.41, 5.74) is 0.931. The van der Waals surface area contributed by atoms with Gasteiger partial charge in [0.1, 0.15) is 21.8 Å². The smallest absolute Gasteiger partial charge is 0.136 e. The number of thioether (sulfide) groups is 1. The highest BCUT2D eigenvalue weighted by atomic mass is 35.5. The van der Waals surface area contributed by atoms with Crippen molar-refractivity contribution in [2.45, 2.75) is 31.0 Å². The van der Waals surface area contributed by atoms with Crippen LogP contribution in [0.3, 0.4) is 0 Å². The SMILES string of the molecule is CCc1nc(Cl)c(C)c(SCc2ccco2)n1. The van der Waals surface area contributed by atoms with E-state index in [0.717, 1.165) is 34.3 Å². The second-order valence-corrected chi connectivity index (χ2v) is 4.90. The predicted molar refractivity (Wildman–Crippen MR) is 69.4 cm³/mol. The van der Waals surface area contributed by atoms with E-state index in [-0.39, 0.29) is 0 Å². The lowest BCUT2D eigenvalue weighted by atomic mass is 10.3. The Kier molecular flexibility index (Phi) is 4.07. The topological polar surface area (TPSA) is 38.9 Å². The first kappa shape index (κ1) is 12.5. The van der Waals surface area contributed by atoms with Gasteiger partial charge >= 0.3 is 0 Å². The van der Waals surface area contributed by atoms with E-state index in [1.165, 1.54) is 0 Å². The Bertz CT molecular complexity index is 499. The van der Waals surface area contributed by atoms with Gasteiger partial charge in [-0.15, -0.1) is 0 Å². The lowest BCUT2D eigenvalue weighted by Crippen LogP contribution is -1.98. The first-order chi connectivity index (χ1) is 8.20. The number of aryl methyl sites for hydroxylation is 1. The van der Waals surface area contributed by atoms with Crippen molar-refractivity contribution in [2.75, 3.05) is 0 Å². The maximum atomic E-state index is 6.07. The summed E-state index contributed by atoms with van der Waals surface area (Å²) in [4.78, 5) is 8.69. The van der Waals surface area contributed by atoms with Gasteiger partial charge in [-0.1, -0.05) is 30.3 Å². The molecule has 0 aliphatic heterocycles. The van der Waals surface area contributed by atoms with Gasteiger partial charge in [0.2, 0.25) is 0 Å². The standard InChI is InChI=1S/C12H13ClN2OS/c1-3-10-14-11(13)8(2)12(15-10)17-7-9-5-4-6-16-9/h4-6H,3,7H2,1-2H3. The van der Waals surface area contributed by atoms with E-state index in [0.29, 0.717) is 5.15 Å². The molecule has 0 spiro atoms. The minimum absolute atomic E-state index is 0.541. The molecule has 5 heteroatoms. The molecule has 0 saturated carbocycles. The molecule has 0 aliphatic rings. The van der Waals surface area contributed by atoms with Gasteiger partial charge in [-0.2, -0.15) is 0 Å². The molecule has 2 heterocycles. The molecule has 17 heavy (non-hydrogen) atoms. The fourth-order valence-corrected chi connectivity index (χ4v) is 2.51. The Morgan fingerprint density at radius 1 is 1.41 bits per heavy atom. The van der Waals surface area contributed by atoms with E-state index >= 15 is 0 Å². The van der Waals surface area contributed by atoms with E-state index < -0.39 is 0 Å². The number of furan rings is 1. The molecule has 2 rings (SSSR count).